The maximum Gasteiger partial charge on any atom is 0.142 e. The molecule has 1 saturated heterocycles. The summed E-state index contributed by atoms with van der Waals surface area (Å²) in [5, 5.41) is 1.27. The van der Waals surface area contributed by atoms with Gasteiger partial charge in [0.25, 0.3) is 0 Å². The summed E-state index contributed by atoms with van der Waals surface area (Å²) in [6, 6.07) is 1.97. The van der Waals surface area contributed by atoms with Crippen LogP contribution in [0.2, 0.25) is 5.15 Å². The van der Waals surface area contributed by atoms with Gasteiger partial charge in [0.15, 0.2) is 0 Å². The molecule has 1 N–H and O–H groups in total. The SMILES string of the molecule is O=S(C1=CC=C(c2cc3c(Cl)ncnc3[nH]2)CC1)N1CCOCC1. The van der Waals surface area contributed by atoms with E-state index in [0.29, 0.717) is 18.4 Å². The third-order valence-corrected chi connectivity index (χ3v) is 6.19. The van der Waals surface area contributed by atoms with Gasteiger partial charge in [-0.05, 0) is 30.6 Å². The van der Waals surface area contributed by atoms with Gasteiger partial charge in [-0.15, -0.1) is 0 Å². The van der Waals surface area contributed by atoms with Crippen LogP contribution in [0.1, 0.15) is 18.5 Å². The largest absolute Gasteiger partial charge is 0.379 e. The molecule has 0 amide bonds. The Hall–Kier alpha value is -1.54. The molecule has 1 fully saturated rings. The smallest absolute Gasteiger partial charge is 0.142 e. The first kappa shape index (κ1) is 16.0. The fourth-order valence-electron chi connectivity index (χ4n) is 2.95. The van der Waals surface area contributed by atoms with Crippen LogP contribution in [-0.2, 0) is 15.7 Å². The van der Waals surface area contributed by atoms with E-state index in [9.17, 15) is 4.21 Å². The monoisotopic (exact) mass is 364 g/mol. The van der Waals surface area contributed by atoms with E-state index in [1.807, 2.05) is 22.5 Å². The number of aromatic amines is 1. The number of nitrogens with zero attached hydrogens (tertiary/aromatic N) is 3. The number of allylic oxidation sites excluding steroid dienone is 4. The summed E-state index contributed by atoms with van der Waals surface area (Å²) in [4.78, 5) is 12.4. The van der Waals surface area contributed by atoms with Crippen LogP contribution in [0.4, 0.5) is 0 Å². The minimum atomic E-state index is -1.07. The second kappa shape index (κ2) is 6.76. The van der Waals surface area contributed by atoms with Crippen molar-refractivity contribution >= 4 is 39.2 Å². The van der Waals surface area contributed by atoms with E-state index in [1.54, 1.807) is 0 Å². The third kappa shape index (κ3) is 3.04. The van der Waals surface area contributed by atoms with Crippen LogP contribution in [-0.4, -0.2) is 49.8 Å². The maximum atomic E-state index is 12.6. The van der Waals surface area contributed by atoms with E-state index < -0.39 is 11.0 Å². The van der Waals surface area contributed by atoms with Gasteiger partial charge in [0.05, 0.1) is 18.6 Å². The van der Waals surface area contributed by atoms with E-state index in [1.165, 1.54) is 6.33 Å². The molecule has 0 saturated carbocycles. The summed E-state index contributed by atoms with van der Waals surface area (Å²) < 4.78 is 19.9. The molecule has 0 radical (unpaired) electrons. The first-order valence-electron chi connectivity index (χ1n) is 7.86. The van der Waals surface area contributed by atoms with Crippen LogP contribution < -0.4 is 0 Å². The predicted molar refractivity (Wildman–Crippen MR) is 94.7 cm³/mol. The molecule has 1 aliphatic heterocycles. The Labute approximate surface area is 147 Å². The van der Waals surface area contributed by atoms with Gasteiger partial charge in [0, 0.05) is 23.7 Å². The zero-order valence-electron chi connectivity index (χ0n) is 13.0. The number of H-pyrrole nitrogens is 1. The van der Waals surface area contributed by atoms with Gasteiger partial charge in [0.1, 0.15) is 28.1 Å². The highest BCUT2D eigenvalue weighted by Crippen LogP contribution is 2.31. The van der Waals surface area contributed by atoms with Gasteiger partial charge < -0.3 is 9.72 Å². The lowest BCUT2D eigenvalue weighted by molar-refractivity contribution is 0.0754. The molecule has 1 atom stereocenters. The van der Waals surface area contributed by atoms with E-state index in [-0.39, 0.29) is 0 Å². The van der Waals surface area contributed by atoms with Gasteiger partial charge >= 0.3 is 0 Å². The minimum absolute atomic E-state index is 0.448. The predicted octanol–water partition coefficient (Wildman–Crippen LogP) is 2.67. The van der Waals surface area contributed by atoms with E-state index in [2.05, 4.69) is 15.0 Å². The highest BCUT2D eigenvalue weighted by molar-refractivity contribution is 7.86. The highest BCUT2D eigenvalue weighted by atomic mass is 35.5. The Kier molecular flexibility index (Phi) is 4.49. The van der Waals surface area contributed by atoms with Crippen LogP contribution in [0, 0.1) is 0 Å². The number of nitrogens with one attached hydrogen (secondary N) is 1. The van der Waals surface area contributed by atoms with Gasteiger partial charge in [-0.1, -0.05) is 17.7 Å². The van der Waals surface area contributed by atoms with E-state index in [4.69, 9.17) is 16.3 Å². The number of aromatic nitrogens is 3. The highest BCUT2D eigenvalue weighted by Gasteiger charge is 2.22. The number of rotatable bonds is 3. The maximum absolute atomic E-state index is 12.6. The van der Waals surface area contributed by atoms with Crippen LogP contribution in [0.5, 0.6) is 0 Å². The van der Waals surface area contributed by atoms with Gasteiger partial charge in [0.2, 0.25) is 0 Å². The first-order valence-corrected chi connectivity index (χ1v) is 9.35. The Bertz CT molecular complexity index is 855. The average Bonchev–Trinajstić information content (AvgIpc) is 3.08. The van der Waals surface area contributed by atoms with Crippen molar-refractivity contribution < 1.29 is 8.95 Å². The Morgan fingerprint density at radius 2 is 2.04 bits per heavy atom. The first-order chi connectivity index (χ1) is 11.7. The second-order valence-electron chi connectivity index (χ2n) is 5.73. The van der Waals surface area contributed by atoms with Crippen LogP contribution in [0.3, 0.4) is 0 Å². The van der Waals surface area contributed by atoms with Crippen molar-refractivity contribution in [3.05, 3.63) is 40.3 Å². The molecule has 126 valence electrons. The molecular formula is C16H17ClN4O2S. The summed E-state index contributed by atoms with van der Waals surface area (Å²) in [5.41, 5.74) is 2.88. The van der Waals surface area contributed by atoms with E-state index >= 15 is 0 Å². The normalized spacial score (nSPS) is 20.7. The second-order valence-corrected chi connectivity index (χ2v) is 7.62. The molecule has 8 heteroatoms. The fourth-order valence-corrected chi connectivity index (χ4v) is 4.41. The third-order valence-electron chi connectivity index (χ3n) is 4.26. The van der Waals surface area contributed by atoms with Crippen molar-refractivity contribution in [3.63, 3.8) is 0 Å². The van der Waals surface area contributed by atoms with Crippen molar-refractivity contribution in [1.82, 2.24) is 19.3 Å². The summed E-state index contributed by atoms with van der Waals surface area (Å²) in [6.07, 6.45) is 7.07. The van der Waals surface area contributed by atoms with Gasteiger partial charge in [-0.25, -0.2) is 18.5 Å². The minimum Gasteiger partial charge on any atom is -0.379 e. The Morgan fingerprint density at radius 3 is 2.75 bits per heavy atom. The number of morpholine rings is 1. The van der Waals surface area contributed by atoms with Crippen molar-refractivity contribution in [2.45, 2.75) is 12.8 Å². The number of ether oxygens (including phenoxy) is 1. The lowest BCUT2D eigenvalue weighted by Crippen LogP contribution is -2.38. The quantitative estimate of drug-likeness (QED) is 0.850. The molecule has 1 unspecified atom stereocenters. The van der Waals surface area contributed by atoms with E-state index in [0.717, 1.165) is 53.1 Å². The standard InChI is InChI=1S/C16H17ClN4O2S/c17-15-13-9-14(20-16(13)19-10-18-15)11-1-3-12(4-2-11)24(22)21-5-7-23-8-6-21/h1,3,9-10H,2,4-8H2,(H,18,19,20). The number of hydrogen-bond acceptors (Lipinski definition) is 4. The fraction of sp³-hybridized carbons (Fsp3) is 0.375. The van der Waals surface area contributed by atoms with Crippen LogP contribution in [0.25, 0.3) is 16.6 Å². The van der Waals surface area contributed by atoms with Crippen LogP contribution >= 0.6 is 11.6 Å². The molecule has 3 heterocycles. The molecule has 2 aromatic rings. The average molecular weight is 365 g/mol. The molecule has 0 bridgehead atoms. The molecule has 24 heavy (non-hydrogen) atoms. The zero-order chi connectivity index (χ0) is 16.5. The lowest BCUT2D eigenvalue weighted by Gasteiger charge is -2.27. The topological polar surface area (TPSA) is 71.1 Å². The summed E-state index contributed by atoms with van der Waals surface area (Å²) in [7, 11) is -1.07. The molecular weight excluding hydrogens is 348 g/mol. The van der Waals surface area contributed by atoms with Crippen molar-refractivity contribution in [1.29, 1.82) is 0 Å². The summed E-state index contributed by atoms with van der Waals surface area (Å²) in [6.45, 7) is 2.74. The van der Waals surface area contributed by atoms with Crippen molar-refractivity contribution in [2.75, 3.05) is 26.3 Å². The Balaban J connectivity index is 1.57. The molecule has 2 aliphatic rings. The van der Waals surface area contributed by atoms with Crippen molar-refractivity contribution in [3.8, 4) is 0 Å². The number of fused-ring (bicyclic) bond motifs is 1. The lowest BCUT2D eigenvalue weighted by atomic mass is 10.0. The molecule has 1 aliphatic carbocycles. The van der Waals surface area contributed by atoms with Gasteiger partial charge in [-0.2, -0.15) is 0 Å². The number of halogens is 1. The molecule has 2 aromatic heterocycles. The summed E-state index contributed by atoms with van der Waals surface area (Å²) >= 11 is 6.10. The van der Waals surface area contributed by atoms with Gasteiger partial charge in [-0.3, -0.25) is 0 Å². The molecule has 4 rings (SSSR count). The number of hydrogen-bond donors (Lipinski definition) is 1. The zero-order valence-corrected chi connectivity index (χ0v) is 14.6. The molecule has 6 nitrogen and oxygen atoms in total. The molecule has 0 aromatic carbocycles. The Morgan fingerprint density at radius 1 is 1.21 bits per heavy atom. The molecule has 0 spiro atoms. The van der Waals surface area contributed by atoms with Crippen LogP contribution in [0.15, 0.2) is 29.5 Å². The summed E-state index contributed by atoms with van der Waals surface area (Å²) in [5.74, 6) is 0. The van der Waals surface area contributed by atoms with Crippen molar-refractivity contribution in [2.24, 2.45) is 0 Å².